The van der Waals surface area contributed by atoms with Crippen molar-refractivity contribution in [2.24, 2.45) is 5.92 Å². The molecule has 1 aromatic rings. The van der Waals surface area contributed by atoms with Crippen LogP contribution in [0.4, 0.5) is 0 Å². The minimum Gasteiger partial charge on any atom is -0.299 e. The molecule has 0 heterocycles. The van der Waals surface area contributed by atoms with Gasteiger partial charge in [-0.15, -0.1) is 0 Å². The fraction of sp³-hybridized carbons (Fsp3) is 0.667. The molecular formula is C24H36O2. The maximum absolute atomic E-state index is 12.3. The van der Waals surface area contributed by atoms with Crippen LogP contribution in [0.5, 0.6) is 0 Å². The van der Waals surface area contributed by atoms with E-state index >= 15 is 0 Å². The lowest BCUT2D eigenvalue weighted by Gasteiger charge is -2.28. The van der Waals surface area contributed by atoms with Gasteiger partial charge in [0.05, 0.1) is 0 Å². The number of Topliss-reactive ketones (excluding diaryl/α,β-unsaturated/α-hetero) is 2. The first kappa shape index (κ1) is 20.9. The van der Waals surface area contributed by atoms with E-state index in [0.717, 1.165) is 63.4 Å². The summed E-state index contributed by atoms with van der Waals surface area (Å²) in [5.41, 5.74) is 2.19. The van der Waals surface area contributed by atoms with Crippen LogP contribution in [-0.2, 0) is 4.79 Å². The summed E-state index contributed by atoms with van der Waals surface area (Å²) in [4.78, 5) is 24.5. The Labute approximate surface area is 159 Å². The van der Waals surface area contributed by atoms with Crippen LogP contribution >= 0.6 is 0 Å². The van der Waals surface area contributed by atoms with E-state index in [9.17, 15) is 9.59 Å². The molecule has 1 saturated carbocycles. The number of hydrogen-bond donors (Lipinski definition) is 0. The van der Waals surface area contributed by atoms with Crippen molar-refractivity contribution in [1.82, 2.24) is 0 Å². The predicted octanol–water partition coefficient (Wildman–Crippen LogP) is 6.87. The first-order chi connectivity index (χ1) is 12.7. The van der Waals surface area contributed by atoms with Gasteiger partial charge >= 0.3 is 0 Å². The number of benzene rings is 1. The highest BCUT2D eigenvalue weighted by Gasteiger charge is 2.26. The molecule has 1 fully saturated rings. The van der Waals surface area contributed by atoms with E-state index in [4.69, 9.17) is 0 Å². The van der Waals surface area contributed by atoms with Gasteiger partial charge in [-0.1, -0.05) is 63.8 Å². The van der Waals surface area contributed by atoms with Crippen LogP contribution in [0.2, 0.25) is 0 Å². The lowest BCUT2D eigenvalue weighted by atomic mass is 9.76. The molecule has 0 amide bonds. The summed E-state index contributed by atoms with van der Waals surface area (Å²) in [6, 6.07) is 8.29. The zero-order valence-electron chi connectivity index (χ0n) is 16.8. The first-order valence-electron chi connectivity index (χ1n) is 10.8. The highest BCUT2D eigenvalue weighted by Crippen LogP contribution is 2.36. The van der Waals surface area contributed by atoms with Crippen LogP contribution in [0, 0.1) is 5.92 Å². The van der Waals surface area contributed by atoms with E-state index in [1.807, 2.05) is 12.1 Å². The third kappa shape index (κ3) is 6.37. The molecule has 1 aliphatic rings. The molecular weight excluding hydrogens is 320 g/mol. The zero-order chi connectivity index (χ0) is 18.8. The van der Waals surface area contributed by atoms with E-state index in [1.54, 1.807) is 0 Å². The van der Waals surface area contributed by atoms with Crippen molar-refractivity contribution >= 4 is 11.6 Å². The quantitative estimate of drug-likeness (QED) is 0.320. The van der Waals surface area contributed by atoms with Crippen molar-refractivity contribution < 1.29 is 9.59 Å². The summed E-state index contributed by atoms with van der Waals surface area (Å²) >= 11 is 0. The van der Waals surface area contributed by atoms with Gasteiger partial charge in [0.2, 0.25) is 0 Å². The number of rotatable bonds is 11. The highest BCUT2D eigenvalue weighted by molar-refractivity contribution is 5.96. The van der Waals surface area contributed by atoms with Crippen molar-refractivity contribution in [1.29, 1.82) is 0 Å². The first-order valence-corrected chi connectivity index (χ1v) is 10.8. The van der Waals surface area contributed by atoms with E-state index in [-0.39, 0.29) is 5.78 Å². The van der Waals surface area contributed by atoms with Gasteiger partial charge in [-0.25, -0.2) is 0 Å². The number of carbonyl (C=O) groups excluding carboxylic acids is 2. The molecule has 2 nitrogen and oxygen atoms in total. The summed E-state index contributed by atoms with van der Waals surface area (Å²) in [6.45, 7) is 4.34. The van der Waals surface area contributed by atoms with E-state index in [0.29, 0.717) is 24.0 Å². The lowest BCUT2D eigenvalue weighted by molar-refractivity contribution is -0.124. The molecule has 1 aromatic carbocycles. The molecule has 0 radical (unpaired) electrons. The summed E-state index contributed by atoms with van der Waals surface area (Å²) in [7, 11) is 0. The number of ketones is 2. The van der Waals surface area contributed by atoms with Gasteiger partial charge < -0.3 is 0 Å². The van der Waals surface area contributed by atoms with Crippen molar-refractivity contribution in [3.63, 3.8) is 0 Å². The minimum atomic E-state index is 0.270. The Kier molecular flexibility index (Phi) is 9.08. The second-order valence-corrected chi connectivity index (χ2v) is 7.97. The number of hydrogen-bond acceptors (Lipinski definition) is 2. The third-order valence-corrected chi connectivity index (χ3v) is 5.92. The molecule has 1 aliphatic carbocycles. The molecule has 0 atom stereocenters. The Morgan fingerprint density at radius 1 is 0.808 bits per heavy atom. The Hall–Kier alpha value is -1.44. The molecule has 0 aliphatic heterocycles. The third-order valence-electron chi connectivity index (χ3n) is 5.92. The fourth-order valence-corrected chi connectivity index (χ4v) is 4.12. The zero-order valence-corrected chi connectivity index (χ0v) is 16.8. The SMILES string of the molecule is CCCCCC(=O)c1ccc(C2CCC(C(=O)CCCCC)CC2)cc1. The molecule has 2 heteroatoms. The van der Waals surface area contributed by atoms with Crippen LogP contribution in [0.3, 0.4) is 0 Å². The molecule has 0 saturated heterocycles. The summed E-state index contributed by atoms with van der Waals surface area (Å²) < 4.78 is 0. The normalized spacial score (nSPS) is 20.1. The summed E-state index contributed by atoms with van der Waals surface area (Å²) in [5.74, 6) is 1.61. The second-order valence-electron chi connectivity index (χ2n) is 7.97. The number of unbranched alkanes of at least 4 members (excludes halogenated alkanes) is 4. The van der Waals surface area contributed by atoms with E-state index in [1.165, 1.54) is 18.4 Å². The molecule has 26 heavy (non-hydrogen) atoms. The molecule has 0 bridgehead atoms. The number of carbonyl (C=O) groups is 2. The van der Waals surface area contributed by atoms with Crippen LogP contribution in [0.1, 0.15) is 113 Å². The van der Waals surface area contributed by atoms with Gasteiger partial charge in [0.1, 0.15) is 5.78 Å². The van der Waals surface area contributed by atoms with Gasteiger partial charge in [0, 0.05) is 24.3 Å². The van der Waals surface area contributed by atoms with E-state index < -0.39 is 0 Å². The topological polar surface area (TPSA) is 34.1 Å². The molecule has 0 aromatic heterocycles. The van der Waals surface area contributed by atoms with Crippen LogP contribution in [0.15, 0.2) is 24.3 Å². The van der Waals surface area contributed by atoms with Crippen molar-refractivity contribution in [2.75, 3.05) is 0 Å². The van der Waals surface area contributed by atoms with Gasteiger partial charge in [-0.2, -0.15) is 0 Å². The Balaban J connectivity index is 1.80. The van der Waals surface area contributed by atoms with Crippen LogP contribution in [-0.4, -0.2) is 11.6 Å². The van der Waals surface area contributed by atoms with Gasteiger partial charge in [-0.3, -0.25) is 9.59 Å². The molecule has 0 N–H and O–H groups in total. The average Bonchev–Trinajstić information content (AvgIpc) is 2.68. The Morgan fingerprint density at radius 3 is 1.96 bits per heavy atom. The average molecular weight is 357 g/mol. The molecule has 2 rings (SSSR count). The maximum Gasteiger partial charge on any atom is 0.162 e. The molecule has 0 spiro atoms. The largest absolute Gasteiger partial charge is 0.299 e. The van der Waals surface area contributed by atoms with Crippen molar-refractivity contribution in [3.05, 3.63) is 35.4 Å². The lowest BCUT2D eigenvalue weighted by Crippen LogP contribution is -2.21. The monoisotopic (exact) mass is 356 g/mol. The minimum absolute atomic E-state index is 0.270. The highest BCUT2D eigenvalue weighted by atomic mass is 16.1. The second kappa shape index (κ2) is 11.3. The Bertz CT molecular complexity index is 550. The standard InChI is InChI=1S/C24H36O2/c1-3-5-7-9-23(25)21-15-11-19(12-16-21)20-13-17-22(18-14-20)24(26)10-8-6-4-2/h11-12,15-16,20,22H,3-10,13-14,17-18H2,1-2H3. The maximum atomic E-state index is 12.3. The smallest absolute Gasteiger partial charge is 0.162 e. The van der Waals surface area contributed by atoms with Gasteiger partial charge in [-0.05, 0) is 50.0 Å². The van der Waals surface area contributed by atoms with Crippen molar-refractivity contribution in [2.45, 2.75) is 96.8 Å². The molecule has 0 unspecified atom stereocenters. The van der Waals surface area contributed by atoms with E-state index in [2.05, 4.69) is 26.0 Å². The summed E-state index contributed by atoms with van der Waals surface area (Å²) in [6.07, 6.45) is 12.4. The summed E-state index contributed by atoms with van der Waals surface area (Å²) in [5, 5.41) is 0. The van der Waals surface area contributed by atoms with Crippen LogP contribution in [0.25, 0.3) is 0 Å². The predicted molar refractivity (Wildman–Crippen MR) is 109 cm³/mol. The van der Waals surface area contributed by atoms with Crippen LogP contribution < -0.4 is 0 Å². The van der Waals surface area contributed by atoms with Gasteiger partial charge in [0.25, 0.3) is 0 Å². The Morgan fingerprint density at radius 2 is 1.38 bits per heavy atom. The fourth-order valence-electron chi connectivity index (χ4n) is 4.12. The molecule has 144 valence electrons. The van der Waals surface area contributed by atoms with Gasteiger partial charge in [0.15, 0.2) is 5.78 Å². The van der Waals surface area contributed by atoms with Crippen molar-refractivity contribution in [3.8, 4) is 0 Å².